The summed E-state index contributed by atoms with van der Waals surface area (Å²) >= 11 is 7.20. The first kappa shape index (κ1) is 12.2. The fourth-order valence-corrected chi connectivity index (χ4v) is 2.55. The number of nitrogen functional groups attached to an aromatic ring is 1. The van der Waals surface area contributed by atoms with Crippen LogP contribution in [-0.2, 0) is 0 Å². The van der Waals surface area contributed by atoms with Gasteiger partial charge in [0, 0.05) is 6.07 Å². The number of nitrogens with two attached hydrogens (primary N) is 1. The second kappa shape index (κ2) is 4.68. The fraction of sp³-hybridized carbons (Fsp3) is 0. The van der Waals surface area contributed by atoms with Crippen LogP contribution < -0.4 is 10.5 Å². The third-order valence-electron chi connectivity index (χ3n) is 2.62. The Hall–Kier alpha value is -1.85. The minimum atomic E-state index is -0.489. The molecule has 0 bridgehead atoms. The Balaban J connectivity index is 2.00. The Kier molecular flexibility index (Phi) is 3.00. The monoisotopic (exact) mass is 294 g/mol. The normalized spacial score (nSPS) is 10.8. The van der Waals surface area contributed by atoms with E-state index in [1.807, 2.05) is 6.07 Å². The van der Waals surface area contributed by atoms with Crippen LogP contribution in [0.3, 0.4) is 0 Å². The van der Waals surface area contributed by atoms with E-state index in [4.69, 9.17) is 22.1 Å². The molecule has 19 heavy (non-hydrogen) atoms. The van der Waals surface area contributed by atoms with E-state index in [1.54, 1.807) is 11.6 Å². The molecule has 0 radical (unpaired) electrons. The van der Waals surface area contributed by atoms with Crippen molar-refractivity contribution in [1.82, 2.24) is 4.98 Å². The highest BCUT2D eigenvalue weighted by Crippen LogP contribution is 2.35. The predicted octanol–water partition coefficient (Wildman–Crippen LogP) is 4.46. The molecule has 3 rings (SSSR count). The molecule has 0 fully saturated rings. The van der Waals surface area contributed by atoms with E-state index in [2.05, 4.69) is 4.98 Å². The van der Waals surface area contributed by atoms with E-state index in [9.17, 15) is 4.39 Å². The first-order valence-electron chi connectivity index (χ1n) is 5.40. The van der Waals surface area contributed by atoms with E-state index in [-0.39, 0.29) is 5.02 Å². The van der Waals surface area contributed by atoms with Gasteiger partial charge in [0.05, 0.1) is 15.2 Å². The lowest BCUT2D eigenvalue weighted by molar-refractivity contribution is 0.483. The van der Waals surface area contributed by atoms with Gasteiger partial charge in [-0.05, 0) is 24.3 Å². The summed E-state index contributed by atoms with van der Waals surface area (Å²) in [6.45, 7) is 0. The van der Waals surface area contributed by atoms with Crippen molar-refractivity contribution in [1.29, 1.82) is 0 Å². The van der Waals surface area contributed by atoms with Crippen molar-refractivity contribution in [3.05, 3.63) is 46.7 Å². The highest BCUT2D eigenvalue weighted by atomic mass is 35.5. The summed E-state index contributed by atoms with van der Waals surface area (Å²) in [5, 5.41) is 0.00538. The highest BCUT2D eigenvalue weighted by molar-refractivity contribution is 7.16. The number of hydrogen-bond acceptors (Lipinski definition) is 4. The van der Waals surface area contributed by atoms with Crippen LogP contribution in [0.1, 0.15) is 0 Å². The van der Waals surface area contributed by atoms with Crippen LogP contribution in [0, 0.1) is 5.82 Å². The number of benzene rings is 2. The van der Waals surface area contributed by atoms with Gasteiger partial charge in [-0.2, -0.15) is 0 Å². The van der Waals surface area contributed by atoms with Gasteiger partial charge in [-0.3, -0.25) is 0 Å². The van der Waals surface area contributed by atoms with Crippen molar-refractivity contribution < 1.29 is 9.13 Å². The zero-order valence-corrected chi connectivity index (χ0v) is 11.1. The van der Waals surface area contributed by atoms with Crippen LogP contribution >= 0.6 is 22.9 Å². The zero-order chi connectivity index (χ0) is 13.4. The number of anilines is 1. The Labute approximate surface area is 117 Å². The molecule has 0 unspecified atom stereocenters. The average molecular weight is 295 g/mol. The molecule has 2 aromatic carbocycles. The van der Waals surface area contributed by atoms with Crippen LogP contribution in [0.5, 0.6) is 11.5 Å². The molecular weight excluding hydrogens is 287 g/mol. The summed E-state index contributed by atoms with van der Waals surface area (Å²) in [7, 11) is 0. The first-order valence-corrected chi connectivity index (χ1v) is 6.65. The lowest BCUT2D eigenvalue weighted by Crippen LogP contribution is -1.93. The van der Waals surface area contributed by atoms with Gasteiger partial charge >= 0.3 is 0 Å². The van der Waals surface area contributed by atoms with E-state index in [0.29, 0.717) is 22.7 Å². The van der Waals surface area contributed by atoms with Gasteiger partial charge in [0.25, 0.3) is 0 Å². The summed E-state index contributed by atoms with van der Waals surface area (Å²) in [5.41, 5.74) is 8.88. The lowest BCUT2D eigenvalue weighted by Gasteiger charge is -2.09. The van der Waals surface area contributed by atoms with Crippen molar-refractivity contribution in [2.24, 2.45) is 0 Å². The first-order chi connectivity index (χ1) is 9.15. The Bertz CT molecular complexity index is 759. The van der Waals surface area contributed by atoms with Gasteiger partial charge in [-0.15, -0.1) is 11.3 Å². The van der Waals surface area contributed by atoms with Crippen molar-refractivity contribution in [2.45, 2.75) is 0 Å². The number of ether oxygens (including phenoxy) is 1. The molecule has 2 N–H and O–H groups in total. The SMILES string of the molecule is Nc1c(Oc2ccc(F)c(Cl)c2)ccc2scnc12. The number of rotatable bonds is 2. The summed E-state index contributed by atoms with van der Waals surface area (Å²) in [4.78, 5) is 4.18. The largest absolute Gasteiger partial charge is 0.455 e. The molecule has 3 aromatic rings. The van der Waals surface area contributed by atoms with Gasteiger partial charge in [-0.1, -0.05) is 11.6 Å². The van der Waals surface area contributed by atoms with Gasteiger partial charge in [0.15, 0.2) is 5.75 Å². The lowest BCUT2D eigenvalue weighted by atomic mass is 10.2. The van der Waals surface area contributed by atoms with Crippen LogP contribution in [0.15, 0.2) is 35.8 Å². The summed E-state index contributed by atoms with van der Waals surface area (Å²) in [6.07, 6.45) is 0. The molecule has 0 aliphatic heterocycles. The Morgan fingerprint density at radius 1 is 1.26 bits per heavy atom. The highest BCUT2D eigenvalue weighted by Gasteiger charge is 2.10. The van der Waals surface area contributed by atoms with Crippen LogP contribution in [0.25, 0.3) is 10.2 Å². The molecule has 96 valence electrons. The average Bonchev–Trinajstić information content (AvgIpc) is 2.86. The van der Waals surface area contributed by atoms with E-state index >= 15 is 0 Å². The van der Waals surface area contributed by atoms with Crippen molar-refractivity contribution in [3.8, 4) is 11.5 Å². The third kappa shape index (κ3) is 2.22. The van der Waals surface area contributed by atoms with Gasteiger partial charge in [0.2, 0.25) is 0 Å². The fourth-order valence-electron chi connectivity index (χ4n) is 1.69. The number of halogens is 2. The Morgan fingerprint density at radius 3 is 2.89 bits per heavy atom. The molecule has 1 aromatic heterocycles. The minimum absolute atomic E-state index is 0.00538. The van der Waals surface area contributed by atoms with Crippen molar-refractivity contribution in [3.63, 3.8) is 0 Å². The van der Waals surface area contributed by atoms with Crippen molar-refractivity contribution >= 4 is 38.8 Å². The molecule has 1 heterocycles. The van der Waals surface area contributed by atoms with E-state index < -0.39 is 5.82 Å². The standard InChI is InChI=1S/C13H8ClFN2OS/c14-8-5-7(1-2-9(8)15)18-10-3-4-11-13(12(10)16)17-6-19-11/h1-6H,16H2. The van der Waals surface area contributed by atoms with Crippen LogP contribution in [0.4, 0.5) is 10.1 Å². The molecule has 6 heteroatoms. The molecule has 0 atom stereocenters. The molecule has 0 saturated heterocycles. The van der Waals surface area contributed by atoms with Crippen LogP contribution in [-0.4, -0.2) is 4.98 Å². The molecule has 0 amide bonds. The van der Waals surface area contributed by atoms with Crippen LogP contribution in [0.2, 0.25) is 5.02 Å². The van der Waals surface area contributed by atoms with Gasteiger partial charge in [-0.25, -0.2) is 9.37 Å². The minimum Gasteiger partial charge on any atom is -0.455 e. The second-order valence-electron chi connectivity index (χ2n) is 3.85. The molecule has 0 saturated carbocycles. The summed E-state index contributed by atoms with van der Waals surface area (Å²) in [6, 6.07) is 7.78. The molecule has 3 nitrogen and oxygen atoms in total. The van der Waals surface area contributed by atoms with Gasteiger partial charge < -0.3 is 10.5 Å². The number of hydrogen-bond donors (Lipinski definition) is 1. The van der Waals surface area contributed by atoms with Gasteiger partial charge in [0.1, 0.15) is 22.8 Å². The number of fused-ring (bicyclic) bond motifs is 1. The zero-order valence-electron chi connectivity index (χ0n) is 9.56. The van der Waals surface area contributed by atoms with E-state index in [0.717, 1.165) is 4.70 Å². The van der Waals surface area contributed by atoms with Crippen molar-refractivity contribution in [2.75, 3.05) is 5.73 Å². The maximum atomic E-state index is 13.1. The molecular formula is C13H8ClFN2OS. The summed E-state index contributed by atoms with van der Waals surface area (Å²) in [5.74, 6) is 0.408. The number of thiazole rings is 1. The van der Waals surface area contributed by atoms with E-state index in [1.165, 1.54) is 29.5 Å². The maximum absolute atomic E-state index is 13.1. The summed E-state index contributed by atoms with van der Waals surface area (Å²) < 4.78 is 19.7. The molecule has 0 spiro atoms. The molecule has 0 aliphatic rings. The molecule has 0 aliphatic carbocycles. The second-order valence-corrected chi connectivity index (χ2v) is 5.15. The maximum Gasteiger partial charge on any atom is 0.152 e. The number of nitrogens with zero attached hydrogens (tertiary/aromatic N) is 1. The quantitative estimate of drug-likeness (QED) is 0.710. The number of aromatic nitrogens is 1. The predicted molar refractivity (Wildman–Crippen MR) is 75.5 cm³/mol. The topological polar surface area (TPSA) is 48.1 Å². The smallest absolute Gasteiger partial charge is 0.152 e. The Morgan fingerprint density at radius 2 is 2.11 bits per heavy atom. The third-order valence-corrected chi connectivity index (χ3v) is 3.70.